The van der Waals surface area contributed by atoms with E-state index in [-0.39, 0.29) is 6.42 Å². The molecule has 0 radical (unpaired) electrons. The SMILES string of the molecule is O=C(O)Cc1csc(SC2(c3ccc(Oc4ccccc4)cc3)N=NN=N2)n1. The fourth-order valence-electron chi connectivity index (χ4n) is 2.45. The Labute approximate surface area is 168 Å². The molecule has 3 aromatic rings. The van der Waals surface area contributed by atoms with Crippen LogP contribution in [-0.4, -0.2) is 16.1 Å². The molecule has 140 valence electrons. The van der Waals surface area contributed by atoms with Crippen LogP contribution >= 0.6 is 23.1 Å². The number of ether oxygens (including phenoxy) is 1. The van der Waals surface area contributed by atoms with Crippen LogP contribution in [0.25, 0.3) is 0 Å². The summed E-state index contributed by atoms with van der Waals surface area (Å²) < 4.78 is 6.45. The maximum atomic E-state index is 10.8. The highest BCUT2D eigenvalue weighted by Gasteiger charge is 2.38. The first-order chi connectivity index (χ1) is 13.6. The Morgan fingerprint density at radius 2 is 1.71 bits per heavy atom. The fourth-order valence-corrected chi connectivity index (χ4v) is 4.50. The molecule has 1 aliphatic heterocycles. The normalized spacial score (nSPS) is 14.3. The van der Waals surface area contributed by atoms with E-state index in [9.17, 15) is 4.79 Å². The van der Waals surface area contributed by atoms with Crippen molar-refractivity contribution < 1.29 is 14.6 Å². The lowest BCUT2D eigenvalue weighted by Gasteiger charge is -2.18. The predicted octanol–water partition coefficient (Wildman–Crippen LogP) is 5.30. The molecule has 28 heavy (non-hydrogen) atoms. The molecule has 0 saturated heterocycles. The van der Waals surface area contributed by atoms with Gasteiger partial charge in [-0.25, -0.2) is 4.98 Å². The first-order valence-corrected chi connectivity index (χ1v) is 9.85. The van der Waals surface area contributed by atoms with Gasteiger partial charge in [0, 0.05) is 10.9 Å². The molecule has 0 atom stereocenters. The molecule has 1 aromatic heterocycles. The van der Waals surface area contributed by atoms with Gasteiger partial charge in [0.05, 0.1) is 12.1 Å². The summed E-state index contributed by atoms with van der Waals surface area (Å²) >= 11 is 2.60. The molecule has 4 rings (SSSR count). The molecular formula is C18H13N5O3S2. The van der Waals surface area contributed by atoms with Gasteiger partial charge in [-0.1, -0.05) is 18.2 Å². The molecule has 0 bridgehead atoms. The Bertz CT molecular complexity index is 1020. The minimum Gasteiger partial charge on any atom is -0.481 e. The van der Waals surface area contributed by atoms with Gasteiger partial charge in [-0.2, -0.15) is 0 Å². The van der Waals surface area contributed by atoms with Crippen molar-refractivity contribution in [1.29, 1.82) is 0 Å². The summed E-state index contributed by atoms with van der Waals surface area (Å²) in [5.41, 5.74) is 1.26. The Hall–Kier alpha value is -3.11. The number of rotatable bonds is 7. The Morgan fingerprint density at radius 1 is 1.04 bits per heavy atom. The average molecular weight is 411 g/mol. The summed E-state index contributed by atoms with van der Waals surface area (Å²) in [6.07, 6.45) is -0.126. The number of thiazole rings is 1. The fraction of sp³-hybridized carbons (Fsp3) is 0.111. The molecular weight excluding hydrogens is 398 g/mol. The van der Waals surface area contributed by atoms with Crippen molar-refractivity contribution in [2.45, 2.75) is 15.8 Å². The number of hydrogen-bond donors (Lipinski definition) is 1. The lowest BCUT2D eigenvalue weighted by molar-refractivity contribution is -0.136. The van der Waals surface area contributed by atoms with Crippen LogP contribution in [0, 0.1) is 0 Å². The number of benzene rings is 2. The van der Waals surface area contributed by atoms with Crippen molar-refractivity contribution in [1.82, 2.24) is 4.98 Å². The zero-order valence-electron chi connectivity index (χ0n) is 14.3. The first-order valence-electron chi connectivity index (χ1n) is 8.16. The molecule has 0 aliphatic carbocycles. The minimum absolute atomic E-state index is 0.126. The Kier molecular flexibility index (Phi) is 5.13. The summed E-state index contributed by atoms with van der Waals surface area (Å²) in [6.45, 7) is 0. The zero-order valence-corrected chi connectivity index (χ0v) is 15.9. The van der Waals surface area contributed by atoms with Crippen molar-refractivity contribution >= 4 is 29.1 Å². The second-order valence-electron chi connectivity index (χ2n) is 5.70. The van der Waals surface area contributed by atoms with E-state index >= 15 is 0 Å². The molecule has 1 N–H and O–H groups in total. The van der Waals surface area contributed by atoms with Gasteiger partial charge in [-0.05, 0) is 58.6 Å². The number of nitrogens with zero attached hydrogens (tertiary/aromatic N) is 5. The lowest BCUT2D eigenvalue weighted by Crippen LogP contribution is -2.13. The minimum atomic E-state index is -1.08. The largest absolute Gasteiger partial charge is 0.481 e. The number of carboxylic acids is 1. The van der Waals surface area contributed by atoms with E-state index in [4.69, 9.17) is 9.84 Å². The van der Waals surface area contributed by atoms with Gasteiger partial charge in [0.15, 0.2) is 4.34 Å². The third kappa shape index (κ3) is 4.07. The number of carbonyl (C=O) groups is 1. The van der Waals surface area contributed by atoms with Crippen LogP contribution in [0.1, 0.15) is 11.3 Å². The molecule has 2 heterocycles. The van der Waals surface area contributed by atoms with Crippen molar-refractivity contribution in [2.24, 2.45) is 20.7 Å². The number of aliphatic carboxylic acids is 1. The zero-order chi connectivity index (χ0) is 19.4. The molecule has 0 fully saturated rings. The third-order valence-corrected chi connectivity index (χ3v) is 5.87. The van der Waals surface area contributed by atoms with Crippen molar-refractivity contribution in [3.8, 4) is 11.5 Å². The van der Waals surface area contributed by atoms with Crippen LogP contribution in [-0.2, 0) is 16.2 Å². The summed E-state index contributed by atoms with van der Waals surface area (Å²) in [6, 6.07) is 16.8. The maximum absolute atomic E-state index is 10.8. The number of carboxylic acid groups (broad SMARTS) is 1. The van der Waals surface area contributed by atoms with Gasteiger partial charge in [0.25, 0.3) is 4.99 Å². The summed E-state index contributed by atoms with van der Waals surface area (Å²) in [7, 11) is 0. The van der Waals surface area contributed by atoms with Gasteiger partial charge in [-0.3, -0.25) is 4.79 Å². The number of aromatic nitrogens is 1. The van der Waals surface area contributed by atoms with E-state index in [0.717, 1.165) is 11.3 Å². The van der Waals surface area contributed by atoms with E-state index in [1.807, 2.05) is 54.6 Å². The number of thioether (sulfide) groups is 1. The molecule has 1 aliphatic rings. The first kappa shape index (κ1) is 18.3. The van der Waals surface area contributed by atoms with Crippen LogP contribution < -0.4 is 4.74 Å². The number of hydrogen-bond acceptors (Lipinski definition) is 9. The number of para-hydroxylation sites is 1. The Balaban J connectivity index is 1.54. The van der Waals surface area contributed by atoms with Crippen LogP contribution in [0.3, 0.4) is 0 Å². The smallest absolute Gasteiger partial charge is 0.309 e. The maximum Gasteiger partial charge on any atom is 0.309 e. The van der Waals surface area contributed by atoms with E-state index in [2.05, 4.69) is 25.7 Å². The highest BCUT2D eigenvalue weighted by Crippen LogP contribution is 2.47. The molecule has 0 unspecified atom stereocenters. The van der Waals surface area contributed by atoms with E-state index < -0.39 is 11.0 Å². The molecule has 2 aromatic carbocycles. The van der Waals surface area contributed by atoms with E-state index in [1.165, 1.54) is 23.1 Å². The third-order valence-electron chi connectivity index (χ3n) is 3.70. The van der Waals surface area contributed by atoms with Gasteiger partial charge in [0.2, 0.25) is 0 Å². The molecule has 0 amide bonds. The molecule has 8 nitrogen and oxygen atoms in total. The summed E-state index contributed by atoms with van der Waals surface area (Å²) in [5, 5.41) is 26.3. The van der Waals surface area contributed by atoms with E-state index in [1.54, 1.807) is 5.38 Å². The van der Waals surface area contributed by atoms with Crippen molar-refractivity contribution in [3.05, 3.63) is 71.2 Å². The highest BCUT2D eigenvalue weighted by molar-refractivity contribution is 8.01. The average Bonchev–Trinajstić information content (AvgIpc) is 3.33. The van der Waals surface area contributed by atoms with Gasteiger partial charge in [-0.15, -0.1) is 21.6 Å². The molecule has 10 heteroatoms. The summed E-state index contributed by atoms with van der Waals surface area (Å²) in [5.74, 6) is 0.499. The standard InChI is InChI=1S/C18H13N5O3S2/c24-16(25)10-13-11-27-17(19-13)28-18(20-22-23-21-18)12-6-8-15(9-7-12)26-14-4-2-1-3-5-14/h1-9,11H,10H2,(H,24,25). The monoisotopic (exact) mass is 411 g/mol. The van der Waals surface area contributed by atoms with Crippen LogP contribution in [0.4, 0.5) is 0 Å². The topological polar surface area (TPSA) is 109 Å². The van der Waals surface area contributed by atoms with Gasteiger partial charge in [0.1, 0.15) is 11.5 Å². The summed E-state index contributed by atoms with van der Waals surface area (Å²) in [4.78, 5) is 14.1. The van der Waals surface area contributed by atoms with Crippen LogP contribution in [0.15, 0.2) is 85.0 Å². The second kappa shape index (κ2) is 7.87. The van der Waals surface area contributed by atoms with Crippen LogP contribution in [0.2, 0.25) is 0 Å². The second-order valence-corrected chi connectivity index (χ2v) is 7.98. The van der Waals surface area contributed by atoms with Crippen LogP contribution in [0.5, 0.6) is 11.5 Å². The lowest BCUT2D eigenvalue weighted by atomic mass is 10.1. The van der Waals surface area contributed by atoms with Crippen molar-refractivity contribution in [3.63, 3.8) is 0 Å². The van der Waals surface area contributed by atoms with E-state index in [0.29, 0.717) is 15.8 Å². The van der Waals surface area contributed by atoms with Gasteiger partial charge >= 0.3 is 5.97 Å². The Morgan fingerprint density at radius 3 is 2.39 bits per heavy atom. The highest BCUT2D eigenvalue weighted by atomic mass is 32.2. The van der Waals surface area contributed by atoms with Crippen molar-refractivity contribution in [2.75, 3.05) is 0 Å². The quantitative estimate of drug-likeness (QED) is 0.567. The van der Waals surface area contributed by atoms with Gasteiger partial charge < -0.3 is 9.84 Å². The molecule has 0 saturated carbocycles. The predicted molar refractivity (Wildman–Crippen MR) is 104 cm³/mol. The molecule has 0 spiro atoms.